The maximum absolute atomic E-state index is 12.9. The van der Waals surface area contributed by atoms with Crippen LogP contribution in [0.2, 0.25) is 5.02 Å². The second kappa shape index (κ2) is 9.01. The summed E-state index contributed by atoms with van der Waals surface area (Å²) in [4.78, 5) is 24.9. The van der Waals surface area contributed by atoms with Gasteiger partial charge in [0, 0.05) is 23.4 Å². The van der Waals surface area contributed by atoms with Gasteiger partial charge in [-0.25, -0.2) is 4.79 Å². The van der Waals surface area contributed by atoms with E-state index in [1.54, 1.807) is 47.9 Å². The van der Waals surface area contributed by atoms with Gasteiger partial charge in [-0.1, -0.05) is 17.7 Å². The van der Waals surface area contributed by atoms with E-state index in [1.165, 1.54) is 0 Å². The van der Waals surface area contributed by atoms with Crippen molar-refractivity contribution in [3.63, 3.8) is 0 Å². The van der Waals surface area contributed by atoms with Crippen LogP contribution in [-0.2, 0) is 4.74 Å². The molecule has 6 nitrogen and oxygen atoms in total. The monoisotopic (exact) mass is 415 g/mol. The molecule has 3 aromatic rings. The molecule has 0 N–H and O–H groups in total. The Morgan fingerprint density at radius 3 is 2.45 bits per heavy atom. The summed E-state index contributed by atoms with van der Waals surface area (Å²) < 4.78 is 18.3. The van der Waals surface area contributed by atoms with Gasteiger partial charge in [-0.05, 0) is 39.0 Å². The van der Waals surface area contributed by atoms with Crippen molar-refractivity contribution in [2.75, 3.05) is 19.8 Å². The van der Waals surface area contributed by atoms with Crippen LogP contribution in [-0.4, -0.2) is 36.5 Å². The number of ether oxygens (including phenoxy) is 3. The topological polar surface area (TPSA) is 66.2 Å². The standard InChI is InChI=1S/C22H22ClNO5/c1-4-27-18-12-19(28-5-2)15(23)11-14(18)20-17(13-25)24-10-8-7-9-16(24)21(20)22(26)29-6-3/h7-13H,4-6H2,1-3H3. The number of halogens is 1. The number of carbonyl (C=O) groups is 2. The van der Waals surface area contributed by atoms with Crippen molar-refractivity contribution in [1.29, 1.82) is 0 Å². The lowest BCUT2D eigenvalue weighted by Crippen LogP contribution is -2.06. The zero-order valence-corrected chi connectivity index (χ0v) is 17.3. The highest BCUT2D eigenvalue weighted by atomic mass is 35.5. The van der Waals surface area contributed by atoms with E-state index < -0.39 is 5.97 Å². The molecular weight excluding hydrogens is 394 g/mol. The minimum absolute atomic E-state index is 0.210. The van der Waals surface area contributed by atoms with E-state index in [0.29, 0.717) is 58.4 Å². The molecule has 7 heteroatoms. The lowest BCUT2D eigenvalue weighted by atomic mass is 9.99. The van der Waals surface area contributed by atoms with Gasteiger partial charge < -0.3 is 18.6 Å². The molecule has 2 aromatic heterocycles. The van der Waals surface area contributed by atoms with Crippen LogP contribution in [0.25, 0.3) is 16.6 Å². The van der Waals surface area contributed by atoms with Crippen LogP contribution >= 0.6 is 11.6 Å². The van der Waals surface area contributed by atoms with Crippen molar-refractivity contribution in [2.45, 2.75) is 20.8 Å². The molecule has 0 amide bonds. The van der Waals surface area contributed by atoms with Crippen LogP contribution < -0.4 is 9.47 Å². The predicted octanol–water partition coefficient (Wildman–Crippen LogP) is 5.05. The number of nitrogens with zero attached hydrogens (tertiary/aromatic N) is 1. The lowest BCUT2D eigenvalue weighted by molar-refractivity contribution is 0.0529. The molecule has 1 aromatic carbocycles. The van der Waals surface area contributed by atoms with Crippen LogP contribution in [0.4, 0.5) is 0 Å². The van der Waals surface area contributed by atoms with E-state index in [1.807, 2.05) is 13.8 Å². The zero-order valence-electron chi connectivity index (χ0n) is 16.5. The Bertz CT molecular complexity index is 1060. The van der Waals surface area contributed by atoms with E-state index in [9.17, 15) is 9.59 Å². The molecule has 0 radical (unpaired) electrons. The number of rotatable bonds is 8. The van der Waals surface area contributed by atoms with E-state index in [-0.39, 0.29) is 12.2 Å². The van der Waals surface area contributed by atoms with Crippen molar-refractivity contribution >= 4 is 29.4 Å². The normalized spacial score (nSPS) is 10.8. The second-order valence-electron chi connectivity index (χ2n) is 6.07. The molecule has 0 aliphatic heterocycles. The van der Waals surface area contributed by atoms with E-state index in [2.05, 4.69) is 0 Å². The van der Waals surface area contributed by atoms with Crippen LogP contribution in [0.1, 0.15) is 41.6 Å². The van der Waals surface area contributed by atoms with Crippen molar-refractivity contribution in [2.24, 2.45) is 0 Å². The summed E-state index contributed by atoms with van der Waals surface area (Å²) in [5, 5.41) is 0.354. The van der Waals surface area contributed by atoms with E-state index >= 15 is 0 Å². The minimum atomic E-state index is -0.522. The summed E-state index contributed by atoms with van der Waals surface area (Å²) in [6, 6.07) is 8.68. The zero-order chi connectivity index (χ0) is 21.0. The Kier molecular flexibility index (Phi) is 6.44. The molecule has 0 aliphatic rings. The number of hydrogen-bond donors (Lipinski definition) is 0. The molecule has 0 unspecified atom stereocenters. The average Bonchev–Trinajstić information content (AvgIpc) is 3.05. The fraction of sp³-hybridized carbons (Fsp3) is 0.273. The molecule has 152 valence electrons. The highest BCUT2D eigenvalue weighted by Gasteiger charge is 2.28. The molecule has 0 bridgehead atoms. The number of pyridine rings is 1. The predicted molar refractivity (Wildman–Crippen MR) is 112 cm³/mol. The Morgan fingerprint density at radius 2 is 1.79 bits per heavy atom. The van der Waals surface area contributed by atoms with E-state index in [0.717, 1.165) is 0 Å². The first kappa shape index (κ1) is 20.7. The highest BCUT2D eigenvalue weighted by Crippen LogP contribution is 2.43. The molecular formula is C22H22ClNO5. The molecule has 0 fully saturated rings. The lowest BCUT2D eigenvalue weighted by Gasteiger charge is -2.15. The fourth-order valence-corrected chi connectivity index (χ4v) is 3.52. The quantitative estimate of drug-likeness (QED) is 0.380. The first-order chi connectivity index (χ1) is 14.1. The first-order valence-electron chi connectivity index (χ1n) is 9.42. The van der Waals surface area contributed by atoms with Crippen LogP contribution in [0.3, 0.4) is 0 Å². The summed E-state index contributed by atoms with van der Waals surface area (Å²) >= 11 is 6.43. The molecule has 3 rings (SSSR count). The largest absolute Gasteiger partial charge is 0.493 e. The Morgan fingerprint density at radius 1 is 1.07 bits per heavy atom. The third-order valence-corrected chi connectivity index (χ3v) is 4.67. The molecule has 2 heterocycles. The summed E-state index contributed by atoms with van der Waals surface area (Å²) in [6.07, 6.45) is 2.44. The van der Waals surface area contributed by atoms with Gasteiger partial charge in [0.05, 0.1) is 41.6 Å². The maximum atomic E-state index is 12.9. The van der Waals surface area contributed by atoms with Crippen LogP contribution in [0, 0.1) is 0 Å². The molecule has 0 atom stereocenters. The Hall–Kier alpha value is -2.99. The molecule has 0 saturated heterocycles. The Balaban J connectivity index is 2.40. The number of hydrogen-bond acceptors (Lipinski definition) is 5. The number of esters is 1. The van der Waals surface area contributed by atoms with Gasteiger partial charge in [0.1, 0.15) is 11.5 Å². The van der Waals surface area contributed by atoms with Crippen LogP contribution in [0.15, 0.2) is 36.5 Å². The molecule has 0 saturated carbocycles. The number of fused-ring (bicyclic) bond motifs is 1. The van der Waals surface area contributed by atoms with Crippen molar-refractivity contribution < 1.29 is 23.8 Å². The third-order valence-electron chi connectivity index (χ3n) is 4.38. The SMILES string of the molecule is CCOC(=O)c1c(-c2cc(Cl)c(OCC)cc2OCC)c(C=O)n2ccccc12. The summed E-state index contributed by atoms with van der Waals surface area (Å²) in [5.41, 5.74) is 2.10. The number of aldehydes is 1. The van der Waals surface area contributed by atoms with Gasteiger partial charge in [-0.3, -0.25) is 4.79 Å². The van der Waals surface area contributed by atoms with Gasteiger partial charge >= 0.3 is 5.97 Å². The van der Waals surface area contributed by atoms with Crippen LogP contribution in [0.5, 0.6) is 11.5 Å². The first-order valence-corrected chi connectivity index (χ1v) is 9.79. The number of carbonyl (C=O) groups excluding carboxylic acids is 2. The van der Waals surface area contributed by atoms with Gasteiger partial charge in [-0.15, -0.1) is 0 Å². The molecule has 0 spiro atoms. The maximum Gasteiger partial charge on any atom is 0.340 e. The third kappa shape index (κ3) is 3.80. The van der Waals surface area contributed by atoms with Gasteiger partial charge in [0.2, 0.25) is 0 Å². The van der Waals surface area contributed by atoms with Crippen molar-refractivity contribution in [3.8, 4) is 22.6 Å². The number of aromatic nitrogens is 1. The summed E-state index contributed by atoms with van der Waals surface area (Å²) in [7, 11) is 0. The summed E-state index contributed by atoms with van der Waals surface area (Å²) in [6.45, 7) is 6.47. The summed E-state index contributed by atoms with van der Waals surface area (Å²) in [5.74, 6) is 0.409. The molecule has 0 aliphatic carbocycles. The van der Waals surface area contributed by atoms with Gasteiger partial charge in [0.15, 0.2) is 6.29 Å². The average molecular weight is 416 g/mol. The number of benzene rings is 1. The van der Waals surface area contributed by atoms with Gasteiger partial charge in [-0.2, -0.15) is 0 Å². The van der Waals surface area contributed by atoms with Gasteiger partial charge in [0.25, 0.3) is 0 Å². The fourth-order valence-electron chi connectivity index (χ4n) is 3.30. The van der Waals surface area contributed by atoms with E-state index in [4.69, 9.17) is 25.8 Å². The van der Waals surface area contributed by atoms with Crippen molar-refractivity contribution in [3.05, 3.63) is 52.8 Å². The highest BCUT2D eigenvalue weighted by molar-refractivity contribution is 6.32. The Labute approximate surface area is 173 Å². The minimum Gasteiger partial charge on any atom is -0.493 e. The molecule has 29 heavy (non-hydrogen) atoms. The van der Waals surface area contributed by atoms with Crippen molar-refractivity contribution in [1.82, 2.24) is 4.40 Å². The second-order valence-corrected chi connectivity index (χ2v) is 6.48. The smallest absolute Gasteiger partial charge is 0.340 e.